The Hall–Kier alpha value is -1.40. The molecule has 1 amide bonds. The second-order valence-corrected chi connectivity index (χ2v) is 8.67. The van der Waals surface area contributed by atoms with Gasteiger partial charge in [-0.15, -0.1) is 0 Å². The van der Waals surface area contributed by atoms with Gasteiger partial charge in [-0.25, -0.2) is 4.98 Å². The molecular weight excluding hydrogens is 328 g/mol. The van der Waals surface area contributed by atoms with Crippen LogP contribution in [-0.2, 0) is 21.7 Å². The van der Waals surface area contributed by atoms with Gasteiger partial charge in [0.15, 0.2) is 6.10 Å². The number of ether oxygens (including phenoxy) is 1. The first-order chi connectivity index (χ1) is 12.4. The summed E-state index contributed by atoms with van der Waals surface area (Å²) < 4.78 is 8.56. The van der Waals surface area contributed by atoms with Gasteiger partial charge >= 0.3 is 0 Å². The Balaban J connectivity index is 1.68. The molecule has 1 unspecified atom stereocenters. The first-order valence-corrected chi connectivity index (χ1v) is 10.1. The molecular formula is C20H34N4O2. The van der Waals surface area contributed by atoms with Gasteiger partial charge in [0.1, 0.15) is 11.4 Å². The molecule has 1 atom stereocenters. The molecule has 0 aromatic carbocycles. The van der Waals surface area contributed by atoms with Gasteiger partial charge in [-0.1, -0.05) is 27.7 Å². The minimum absolute atomic E-state index is 0.000313. The predicted octanol–water partition coefficient (Wildman–Crippen LogP) is 2.39. The van der Waals surface area contributed by atoms with Crippen molar-refractivity contribution in [3.8, 4) is 0 Å². The van der Waals surface area contributed by atoms with Crippen molar-refractivity contribution in [2.24, 2.45) is 11.8 Å². The minimum Gasteiger partial charge on any atom is -0.354 e. The van der Waals surface area contributed by atoms with Gasteiger partial charge in [0.05, 0.1) is 6.54 Å². The third-order valence-electron chi connectivity index (χ3n) is 5.52. The average molecular weight is 363 g/mol. The van der Waals surface area contributed by atoms with Crippen LogP contribution in [0.3, 0.4) is 0 Å². The van der Waals surface area contributed by atoms with Crippen LogP contribution < -0.4 is 5.32 Å². The molecule has 1 aromatic rings. The van der Waals surface area contributed by atoms with Gasteiger partial charge in [-0.05, 0) is 37.6 Å². The molecule has 6 heteroatoms. The van der Waals surface area contributed by atoms with E-state index in [1.54, 1.807) is 0 Å². The fourth-order valence-electron chi connectivity index (χ4n) is 3.87. The van der Waals surface area contributed by atoms with Crippen LogP contribution in [0.2, 0.25) is 0 Å². The summed E-state index contributed by atoms with van der Waals surface area (Å²) in [5.41, 5.74) is -0.421. The normalized spacial score (nSPS) is 22.8. The number of imidazole rings is 1. The number of nitrogens with one attached hydrogen (secondary N) is 1. The molecule has 2 aliphatic heterocycles. The molecule has 6 nitrogen and oxygen atoms in total. The van der Waals surface area contributed by atoms with Gasteiger partial charge in [0.25, 0.3) is 5.91 Å². The highest BCUT2D eigenvalue weighted by Gasteiger charge is 2.46. The van der Waals surface area contributed by atoms with Gasteiger partial charge in [0.2, 0.25) is 0 Å². The summed E-state index contributed by atoms with van der Waals surface area (Å²) in [6.07, 6.45) is 6.40. The fourth-order valence-corrected chi connectivity index (χ4v) is 3.87. The number of fused-ring (bicyclic) bond motifs is 2. The summed E-state index contributed by atoms with van der Waals surface area (Å²) in [7, 11) is 0. The van der Waals surface area contributed by atoms with E-state index in [0.29, 0.717) is 19.0 Å². The Morgan fingerprint density at radius 1 is 1.31 bits per heavy atom. The Bertz CT molecular complexity index is 603. The van der Waals surface area contributed by atoms with E-state index >= 15 is 0 Å². The third-order valence-corrected chi connectivity index (χ3v) is 5.52. The van der Waals surface area contributed by atoms with E-state index in [0.717, 1.165) is 44.2 Å². The maximum absolute atomic E-state index is 12.6. The third kappa shape index (κ3) is 4.29. The number of hydrogen-bond donors (Lipinski definition) is 1. The maximum Gasteiger partial charge on any atom is 0.251 e. The summed E-state index contributed by atoms with van der Waals surface area (Å²) in [6, 6.07) is 0. The van der Waals surface area contributed by atoms with Crippen molar-refractivity contribution >= 4 is 5.91 Å². The van der Waals surface area contributed by atoms with Crippen LogP contribution in [-0.4, -0.2) is 52.6 Å². The minimum atomic E-state index is -0.433. The summed E-state index contributed by atoms with van der Waals surface area (Å²) in [6.45, 7) is 13.1. The van der Waals surface area contributed by atoms with Crippen LogP contribution in [0.1, 0.15) is 52.8 Å². The molecule has 0 radical (unpaired) electrons. The molecule has 0 bridgehead atoms. The number of piperidine rings is 1. The lowest BCUT2D eigenvalue weighted by atomic mass is 9.88. The number of nitrogens with zero attached hydrogens (tertiary/aromatic N) is 3. The van der Waals surface area contributed by atoms with Gasteiger partial charge in [-0.2, -0.15) is 0 Å². The van der Waals surface area contributed by atoms with E-state index < -0.39 is 11.7 Å². The van der Waals surface area contributed by atoms with Crippen LogP contribution in [0.4, 0.5) is 0 Å². The summed E-state index contributed by atoms with van der Waals surface area (Å²) >= 11 is 0. The molecule has 0 saturated carbocycles. The zero-order valence-electron chi connectivity index (χ0n) is 16.7. The molecule has 1 fully saturated rings. The monoisotopic (exact) mass is 362 g/mol. The lowest BCUT2D eigenvalue weighted by molar-refractivity contribution is -0.173. The van der Waals surface area contributed by atoms with Gasteiger partial charge < -0.3 is 19.5 Å². The molecule has 0 aliphatic carbocycles. The summed E-state index contributed by atoms with van der Waals surface area (Å²) in [4.78, 5) is 19.7. The molecule has 3 rings (SSSR count). The van der Waals surface area contributed by atoms with Gasteiger partial charge in [0, 0.05) is 32.0 Å². The van der Waals surface area contributed by atoms with E-state index in [2.05, 4.69) is 47.5 Å². The van der Waals surface area contributed by atoms with E-state index in [-0.39, 0.29) is 5.91 Å². The second kappa shape index (κ2) is 8.09. The molecule has 2 aliphatic rings. The fraction of sp³-hybridized carbons (Fsp3) is 0.800. The maximum atomic E-state index is 12.6. The highest BCUT2D eigenvalue weighted by atomic mass is 16.5. The van der Waals surface area contributed by atoms with Crippen molar-refractivity contribution in [2.75, 3.05) is 26.2 Å². The number of rotatable bonds is 6. The smallest absolute Gasteiger partial charge is 0.251 e. The first kappa shape index (κ1) is 19.4. The lowest BCUT2D eigenvalue weighted by Crippen LogP contribution is -2.54. The van der Waals surface area contributed by atoms with Crippen LogP contribution in [0, 0.1) is 11.8 Å². The quantitative estimate of drug-likeness (QED) is 0.844. The van der Waals surface area contributed by atoms with Crippen LogP contribution in [0.25, 0.3) is 0 Å². The predicted molar refractivity (Wildman–Crippen MR) is 102 cm³/mol. The molecule has 3 heterocycles. The van der Waals surface area contributed by atoms with Gasteiger partial charge in [-0.3, -0.25) is 4.79 Å². The molecule has 1 saturated heterocycles. The SMILES string of the molecule is CC(C)CCN1CCC2(CC1)OC(C(=O)NCC(C)C)Cn1ccnc12. The molecule has 1 N–H and O–H groups in total. The molecule has 1 aromatic heterocycles. The van der Waals surface area contributed by atoms with Crippen LogP contribution in [0.5, 0.6) is 0 Å². The van der Waals surface area contributed by atoms with E-state index in [4.69, 9.17) is 4.74 Å². The van der Waals surface area contributed by atoms with Crippen molar-refractivity contribution in [3.63, 3.8) is 0 Å². The number of hydrogen-bond acceptors (Lipinski definition) is 4. The molecule has 146 valence electrons. The first-order valence-electron chi connectivity index (χ1n) is 10.1. The van der Waals surface area contributed by atoms with E-state index in [9.17, 15) is 4.79 Å². The van der Waals surface area contributed by atoms with E-state index in [1.807, 2.05) is 12.4 Å². The number of amides is 1. The van der Waals surface area contributed by atoms with Crippen molar-refractivity contribution in [3.05, 3.63) is 18.2 Å². The van der Waals surface area contributed by atoms with Crippen molar-refractivity contribution in [2.45, 2.75) is 65.2 Å². The zero-order chi connectivity index (χ0) is 18.7. The summed E-state index contributed by atoms with van der Waals surface area (Å²) in [5, 5.41) is 3.03. The van der Waals surface area contributed by atoms with Crippen molar-refractivity contribution in [1.82, 2.24) is 19.8 Å². The Labute approximate surface area is 157 Å². The average Bonchev–Trinajstić information content (AvgIpc) is 3.08. The highest BCUT2D eigenvalue weighted by Crippen LogP contribution is 2.40. The Kier molecular flexibility index (Phi) is 6.03. The lowest BCUT2D eigenvalue weighted by Gasteiger charge is -2.45. The second-order valence-electron chi connectivity index (χ2n) is 8.67. The topological polar surface area (TPSA) is 59.4 Å². The zero-order valence-corrected chi connectivity index (χ0v) is 16.7. The van der Waals surface area contributed by atoms with Crippen molar-refractivity contribution in [1.29, 1.82) is 0 Å². The summed E-state index contributed by atoms with van der Waals surface area (Å²) in [5.74, 6) is 2.16. The van der Waals surface area contributed by atoms with E-state index in [1.165, 1.54) is 6.42 Å². The number of carbonyl (C=O) groups excluding carboxylic acids is 1. The number of aromatic nitrogens is 2. The number of likely N-dealkylation sites (tertiary alicyclic amines) is 1. The largest absolute Gasteiger partial charge is 0.354 e. The van der Waals surface area contributed by atoms with Crippen LogP contribution >= 0.6 is 0 Å². The molecule has 26 heavy (non-hydrogen) atoms. The highest BCUT2D eigenvalue weighted by molar-refractivity contribution is 5.80. The Morgan fingerprint density at radius 3 is 2.69 bits per heavy atom. The Morgan fingerprint density at radius 2 is 2.04 bits per heavy atom. The molecule has 1 spiro atoms. The number of carbonyl (C=O) groups is 1. The van der Waals surface area contributed by atoms with Crippen LogP contribution in [0.15, 0.2) is 12.4 Å². The standard InChI is InChI=1S/C20H34N4O2/c1-15(2)5-9-23-10-6-20(7-11-23)19-21-8-12-24(19)14-17(26-20)18(25)22-13-16(3)4/h8,12,15-17H,5-7,9-11,13-14H2,1-4H3,(H,22,25). The van der Waals surface area contributed by atoms with Crippen molar-refractivity contribution < 1.29 is 9.53 Å².